The lowest BCUT2D eigenvalue weighted by Crippen LogP contribution is -2.44. The summed E-state index contributed by atoms with van der Waals surface area (Å²) in [5.74, 6) is 1.41. The first-order chi connectivity index (χ1) is 5.72. The molecule has 68 valence electrons. The number of hydrogen-bond acceptors (Lipinski definition) is 3. The monoisotopic (exact) mass is 169 g/mol. The topological polar surface area (TPSA) is 52.3 Å². The summed E-state index contributed by atoms with van der Waals surface area (Å²) in [6.45, 7) is 0. The van der Waals surface area contributed by atoms with E-state index in [0.29, 0.717) is 17.9 Å². The number of esters is 1. The fourth-order valence-corrected chi connectivity index (χ4v) is 2.64. The van der Waals surface area contributed by atoms with Gasteiger partial charge < -0.3 is 10.5 Å². The van der Waals surface area contributed by atoms with Gasteiger partial charge in [0.2, 0.25) is 0 Å². The highest BCUT2D eigenvalue weighted by atomic mass is 16.5. The Hall–Kier alpha value is -0.570. The van der Waals surface area contributed by atoms with Crippen molar-refractivity contribution in [2.75, 3.05) is 7.11 Å². The summed E-state index contributed by atoms with van der Waals surface area (Å²) in [4.78, 5) is 11.2. The van der Waals surface area contributed by atoms with Crippen molar-refractivity contribution in [3.8, 4) is 0 Å². The maximum absolute atomic E-state index is 11.2. The highest BCUT2D eigenvalue weighted by molar-refractivity contribution is 5.72. The molecule has 0 amide bonds. The average Bonchev–Trinajstić information content (AvgIpc) is 2.41. The standard InChI is InChI=1S/C9H15NO2/c1-12-9(11)6-2-5-4-8(10)7(5)3-6/h5-8H,2-4,10H2,1H3/t5-,6+,7-,8-/m0/s1. The molecule has 2 aliphatic rings. The number of methoxy groups -OCH3 is 1. The molecular formula is C9H15NO2. The van der Waals surface area contributed by atoms with Gasteiger partial charge in [0.15, 0.2) is 0 Å². The molecule has 0 heterocycles. The van der Waals surface area contributed by atoms with E-state index in [1.807, 2.05) is 0 Å². The van der Waals surface area contributed by atoms with Gasteiger partial charge in [0.1, 0.15) is 0 Å². The lowest BCUT2D eigenvalue weighted by molar-refractivity contribution is -0.145. The predicted octanol–water partition coefficient (Wildman–Crippen LogP) is 0.533. The summed E-state index contributed by atoms with van der Waals surface area (Å²) >= 11 is 0. The Morgan fingerprint density at radius 1 is 1.42 bits per heavy atom. The normalized spacial score (nSPS) is 44.8. The van der Waals surface area contributed by atoms with Crippen LogP contribution in [0.3, 0.4) is 0 Å². The second kappa shape index (κ2) is 2.73. The van der Waals surface area contributed by atoms with Crippen LogP contribution in [0.4, 0.5) is 0 Å². The SMILES string of the molecule is COC(=O)[C@@H]1C[C@H]2C[C@H](N)[C@H]2C1. The maximum Gasteiger partial charge on any atom is 0.308 e. The Kier molecular flexibility index (Phi) is 1.83. The minimum atomic E-state index is -0.0448. The van der Waals surface area contributed by atoms with Gasteiger partial charge in [-0.1, -0.05) is 0 Å². The maximum atomic E-state index is 11.2. The number of hydrogen-bond donors (Lipinski definition) is 1. The van der Waals surface area contributed by atoms with Crippen molar-refractivity contribution < 1.29 is 9.53 Å². The van der Waals surface area contributed by atoms with Crippen LogP contribution in [0.15, 0.2) is 0 Å². The van der Waals surface area contributed by atoms with Crippen molar-refractivity contribution in [3.05, 3.63) is 0 Å². The molecule has 0 aromatic carbocycles. The molecule has 12 heavy (non-hydrogen) atoms. The molecular weight excluding hydrogens is 154 g/mol. The van der Waals surface area contributed by atoms with Crippen LogP contribution in [0.1, 0.15) is 19.3 Å². The molecule has 4 atom stereocenters. The van der Waals surface area contributed by atoms with Crippen molar-refractivity contribution in [1.82, 2.24) is 0 Å². The van der Waals surface area contributed by atoms with E-state index in [1.54, 1.807) is 0 Å². The molecule has 2 N–H and O–H groups in total. The van der Waals surface area contributed by atoms with Crippen LogP contribution in [-0.4, -0.2) is 19.1 Å². The van der Waals surface area contributed by atoms with Gasteiger partial charge in [0.25, 0.3) is 0 Å². The summed E-state index contributed by atoms with van der Waals surface area (Å²) in [6, 6.07) is 0.352. The number of carbonyl (C=O) groups is 1. The third kappa shape index (κ3) is 1.04. The molecule has 0 radical (unpaired) electrons. The molecule has 0 saturated heterocycles. The molecule has 2 rings (SSSR count). The molecule has 0 bridgehead atoms. The summed E-state index contributed by atoms with van der Waals surface area (Å²) in [5.41, 5.74) is 5.82. The van der Waals surface area contributed by atoms with Gasteiger partial charge in [-0.25, -0.2) is 0 Å². The molecule has 2 saturated carbocycles. The van der Waals surface area contributed by atoms with Crippen LogP contribution in [0.25, 0.3) is 0 Å². The minimum absolute atomic E-state index is 0.0448. The van der Waals surface area contributed by atoms with E-state index in [4.69, 9.17) is 10.5 Å². The smallest absolute Gasteiger partial charge is 0.308 e. The summed E-state index contributed by atoms with van der Waals surface area (Å²) in [6.07, 6.45) is 3.07. The first-order valence-corrected chi connectivity index (χ1v) is 4.55. The van der Waals surface area contributed by atoms with Crippen LogP contribution in [0.2, 0.25) is 0 Å². The molecule has 2 fully saturated rings. The Bertz CT molecular complexity index is 205. The van der Waals surface area contributed by atoms with Crippen molar-refractivity contribution >= 4 is 5.97 Å². The fraction of sp³-hybridized carbons (Fsp3) is 0.889. The first-order valence-electron chi connectivity index (χ1n) is 4.55. The van der Waals surface area contributed by atoms with Crippen LogP contribution in [-0.2, 0) is 9.53 Å². The zero-order valence-corrected chi connectivity index (χ0v) is 7.32. The van der Waals surface area contributed by atoms with Gasteiger partial charge in [0.05, 0.1) is 13.0 Å². The van der Waals surface area contributed by atoms with Crippen LogP contribution < -0.4 is 5.73 Å². The van der Waals surface area contributed by atoms with E-state index in [2.05, 4.69) is 0 Å². The summed E-state index contributed by atoms with van der Waals surface area (Å²) in [5, 5.41) is 0. The number of carbonyl (C=O) groups excluding carboxylic acids is 1. The molecule has 0 aliphatic heterocycles. The van der Waals surface area contributed by atoms with E-state index in [-0.39, 0.29) is 11.9 Å². The summed E-state index contributed by atoms with van der Waals surface area (Å²) < 4.78 is 4.71. The second-order valence-electron chi connectivity index (χ2n) is 4.01. The Labute approximate surface area is 72.3 Å². The molecule has 0 spiro atoms. The molecule has 3 heteroatoms. The molecule has 3 nitrogen and oxygen atoms in total. The molecule has 0 unspecified atom stereocenters. The number of nitrogens with two attached hydrogens (primary N) is 1. The largest absolute Gasteiger partial charge is 0.469 e. The van der Waals surface area contributed by atoms with E-state index in [0.717, 1.165) is 19.3 Å². The third-order valence-corrected chi connectivity index (χ3v) is 3.41. The lowest BCUT2D eigenvalue weighted by Gasteiger charge is -2.37. The highest BCUT2D eigenvalue weighted by Crippen LogP contribution is 2.48. The van der Waals surface area contributed by atoms with E-state index in [1.165, 1.54) is 7.11 Å². The number of ether oxygens (including phenoxy) is 1. The Morgan fingerprint density at radius 2 is 2.17 bits per heavy atom. The molecule has 0 aromatic rings. The van der Waals surface area contributed by atoms with E-state index in [9.17, 15) is 4.79 Å². The van der Waals surface area contributed by atoms with E-state index >= 15 is 0 Å². The fourth-order valence-electron chi connectivity index (χ4n) is 2.64. The van der Waals surface area contributed by atoms with Gasteiger partial charge in [-0.2, -0.15) is 0 Å². The average molecular weight is 169 g/mol. The van der Waals surface area contributed by atoms with Crippen molar-refractivity contribution in [2.24, 2.45) is 23.5 Å². The van der Waals surface area contributed by atoms with Crippen LogP contribution in [0, 0.1) is 17.8 Å². The van der Waals surface area contributed by atoms with Gasteiger partial charge in [-0.05, 0) is 31.1 Å². The molecule has 0 aromatic heterocycles. The Morgan fingerprint density at radius 3 is 2.67 bits per heavy atom. The molecule has 2 aliphatic carbocycles. The Balaban J connectivity index is 1.94. The second-order valence-corrected chi connectivity index (χ2v) is 4.01. The van der Waals surface area contributed by atoms with Crippen LogP contribution in [0.5, 0.6) is 0 Å². The zero-order chi connectivity index (χ0) is 8.72. The quantitative estimate of drug-likeness (QED) is 0.583. The van der Waals surface area contributed by atoms with Crippen molar-refractivity contribution in [3.63, 3.8) is 0 Å². The minimum Gasteiger partial charge on any atom is -0.469 e. The van der Waals surface area contributed by atoms with Gasteiger partial charge in [-0.15, -0.1) is 0 Å². The van der Waals surface area contributed by atoms with Gasteiger partial charge in [0, 0.05) is 6.04 Å². The zero-order valence-electron chi connectivity index (χ0n) is 7.32. The number of rotatable bonds is 1. The van der Waals surface area contributed by atoms with E-state index < -0.39 is 0 Å². The van der Waals surface area contributed by atoms with Crippen LogP contribution >= 0.6 is 0 Å². The summed E-state index contributed by atoms with van der Waals surface area (Å²) in [7, 11) is 1.46. The number of fused-ring (bicyclic) bond motifs is 1. The van der Waals surface area contributed by atoms with Gasteiger partial charge >= 0.3 is 5.97 Å². The lowest BCUT2D eigenvalue weighted by atomic mass is 9.72. The third-order valence-electron chi connectivity index (χ3n) is 3.41. The highest BCUT2D eigenvalue weighted by Gasteiger charge is 2.48. The van der Waals surface area contributed by atoms with Crippen molar-refractivity contribution in [1.29, 1.82) is 0 Å². The van der Waals surface area contributed by atoms with Crippen molar-refractivity contribution in [2.45, 2.75) is 25.3 Å². The predicted molar refractivity (Wildman–Crippen MR) is 44.3 cm³/mol. The van der Waals surface area contributed by atoms with Gasteiger partial charge in [-0.3, -0.25) is 4.79 Å². The first kappa shape index (κ1) is 8.05.